The zero-order valence-corrected chi connectivity index (χ0v) is 7.42. The fourth-order valence-electron chi connectivity index (χ4n) is 1.63. The predicted molar refractivity (Wildman–Crippen MR) is 46.9 cm³/mol. The molecule has 0 spiro atoms. The second-order valence-corrected chi connectivity index (χ2v) is 3.26. The summed E-state index contributed by atoms with van der Waals surface area (Å²) in [6.07, 6.45) is 6.01. The van der Waals surface area contributed by atoms with E-state index >= 15 is 0 Å². The van der Waals surface area contributed by atoms with Crippen molar-refractivity contribution in [3.63, 3.8) is 0 Å². The van der Waals surface area contributed by atoms with Gasteiger partial charge in [0.15, 0.2) is 0 Å². The molecule has 1 fully saturated rings. The molecule has 3 heteroatoms. The number of carbonyl (C=O) groups excluding carboxylic acids is 1. The van der Waals surface area contributed by atoms with Gasteiger partial charge in [0.1, 0.15) is 0 Å². The van der Waals surface area contributed by atoms with Crippen LogP contribution in [-0.4, -0.2) is 25.7 Å². The zero-order valence-electron chi connectivity index (χ0n) is 7.42. The highest BCUT2D eigenvalue weighted by atomic mass is 16.5. The van der Waals surface area contributed by atoms with E-state index in [1.807, 2.05) is 0 Å². The maximum Gasteiger partial charge on any atom is 0.293 e. The van der Waals surface area contributed by atoms with Crippen LogP contribution >= 0.6 is 0 Å². The average molecular weight is 171 g/mol. The Morgan fingerprint density at radius 2 is 2.42 bits per heavy atom. The van der Waals surface area contributed by atoms with E-state index in [-0.39, 0.29) is 0 Å². The second-order valence-electron chi connectivity index (χ2n) is 3.26. The van der Waals surface area contributed by atoms with Crippen molar-refractivity contribution < 1.29 is 9.53 Å². The minimum absolute atomic E-state index is 0.522. The van der Waals surface area contributed by atoms with Gasteiger partial charge in [0.05, 0.1) is 6.61 Å². The molecule has 0 bridgehead atoms. The summed E-state index contributed by atoms with van der Waals surface area (Å²) in [6, 6.07) is 0.723. The van der Waals surface area contributed by atoms with E-state index in [1.165, 1.54) is 25.8 Å². The van der Waals surface area contributed by atoms with Crippen molar-refractivity contribution in [1.82, 2.24) is 5.32 Å². The summed E-state index contributed by atoms with van der Waals surface area (Å²) in [5.41, 5.74) is 0. The van der Waals surface area contributed by atoms with Crippen LogP contribution in [-0.2, 0) is 9.53 Å². The monoisotopic (exact) mass is 171 g/mol. The van der Waals surface area contributed by atoms with Crippen molar-refractivity contribution in [2.75, 3.05) is 13.2 Å². The van der Waals surface area contributed by atoms with Gasteiger partial charge in [-0.05, 0) is 38.6 Å². The molecule has 0 amide bonds. The molecule has 1 aliphatic heterocycles. The zero-order chi connectivity index (χ0) is 8.65. The second kappa shape index (κ2) is 6.00. The van der Waals surface area contributed by atoms with Crippen LogP contribution in [0.15, 0.2) is 0 Å². The predicted octanol–water partition coefficient (Wildman–Crippen LogP) is 1.08. The molecule has 1 N–H and O–H groups in total. The fraction of sp³-hybridized carbons (Fsp3) is 0.889. The van der Waals surface area contributed by atoms with Gasteiger partial charge in [-0.25, -0.2) is 0 Å². The summed E-state index contributed by atoms with van der Waals surface area (Å²) in [7, 11) is 0. The van der Waals surface area contributed by atoms with Crippen molar-refractivity contribution in [2.24, 2.45) is 0 Å². The average Bonchev–Trinajstić information content (AvgIpc) is 2.57. The Bertz CT molecular complexity index is 122. The van der Waals surface area contributed by atoms with Gasteiger partial charge >= 0.3 is 0 Å². The Morgan fingerprint density at radius 1 is 1.50 bits per heavy atom. The molecular formula is C9H17NO2. The van der Waals surface area contributed by atoms with Crippen LogP contribution in [0.5, 0.6) is 0 Å². The number of carbonyl (C=O) groups is 1. The molecule has 3 nitrogen and oxygen atoms in total. The molecule has 0 aromatic carbocycles. The Balaban J connectivity index is 1.84. The third kappa shape index (κ3) is 3.72. The molecule has 1 saturated heterocycles. The Morgan fingerprint density at radius 3 is 3.08 bits per heavy atom. The van der Waals surface area contributed by atoms with Gasteiger partial charge in [0.2, 0.25) is 0 Å². The number of unbranched alkanes of at least 4 members (excludes halogenated alkanes) is 1. The first kappa shape index (κ1) is 9.52. The summed E-state index contributed by atoms with van der Waals surface area (Å²) >= 11 is 0. The van der Waals surface area contributed by atoms with Crippen LogP contribution in [0.3, 0.4) is 0 Å². The van der Waals surface area contributed by atoms with Crippen LogP contribution in [0.25, 0.3) is 0 Å². The third-order valence-corrected chi connectivity index (χ3v) is 2.30. The summed E-state index contributed by atoms with van der Waals surface area (Å²) in [6.45, 7) is 2.28. The van der Waals surface area contributed by atoms with Crippen molar-refractivity contribution in [2.45, 2.75) is 38.1 Å². The van der Waals surface area contributed by atoms with Crippen molar-refractivity contribution in [3.05, 3.63) is 0 Å². The lowest BCUT2D eigenvalue weighted by Gasteiger charge is -2.08. The highest BCUT2D eigenvalue weighted by Crippen LogP contribution is 2.11. The molecule has 12 heavy (non-hydrogen) atoms. The van der Waals surface area contributed by atoms with E-state index < -0.39 is 0 Å². The smallest absolute Gasteiger partial charge is 0.293 e. The van der Waals surface area contributed by atoms with Gasteiger partial charge in [-0.1, -0.05) is 0 Å². The molecule has 0 radical (unpaired) electrons. The number of ether oxygens (including phenoxy) is 1. The molecular weight excluding hydrogens is 154 g/mol. The number of nitrogens with one attached hydrogen (secondary N) is 1. The number of hydrogen-bond donors (Lipinski definition) is 1. The molecule has 1 rings (SSSR count). The molecule has 1 heterocycles. The summed E-state index contributed by atoms with van der Waals surface area (Å²) < 4.78 is 4.60. The minimum Gasteiger partial charge on any atom is -0.468 e. The summed E-state index contributed by atoms with van der Waals surface area (Å²) in [5, 5.41) is 3.44. The van der Waals surface area contributed by atoms with E-state index in [0.717, 1.165) is 18.9 Å². The van der Waals surface area contributed by atoms with Gasteiger partial charge in [0, 0.05) is 6.04 Å². The Labute approximate surface area is 73.5 Å². The highest BCUT2D eigenvalue weighted by Gasteiger charge is 2.12. The lowest BCUT2D eigenvalue weighted by molar-refractivity contribution is -0.128. The molecule has 0 aliphatic carbocycles. The van der Waals surface area contributed by atoms with E-state index in [0.29, 0.717) is 13.1 Å². The maximum atomic E-state index is 9.79. The van der Waals surface area contributed by atoms with E-state index in [9.17, 15) is 4.79 Å². The van der Waals surface area contributed by atoms with Crippen LogP contribution in [0.2, 0.25) is 0 Å². The molecule has 1 aliphatic rings. The van der Waals surface area contributed by atoms with Crippen molar-refractivity contribution in [3.8, 4) is 0 Å². The normalized spacial score (nSPS) is 22.5. The SMILES string of the molecule is O=COCCCCC1CCCN1. The standard InChI is InChI=1S/C9H17NO2/c11-8-12-7-2-1-4-9-5-3-6-10-9/h8-10H,1-7H2. The number of rotatable bonds is 6. The van der Waals surface area contributed by atoms with Gasteiger partial charge < -0.3 is 10.1 Å². The quantitative estimate of drug-likeness (QED) is 0.480. The van der Waals surface area contributed by atoms with Gasteiger partial charge in [-0.15, -0.1) is 0 Å². The topological polar surface area (TPSA) is 38.3 Å². The van der Waals surface area contributed by atoms with E-state index in [1.54, 1.807) is 0 Å². The molecule has 0 saturated carbocycles. The van der Waals surface area contributed by atoms with Crippen molar-refractivity contribution >= 4 is 6.47 Å². The highest BCUT2D eigenvalue weighted by molar-refractivity contribution is 5.36. The van der Waals surface area contributed by atoms with Gasteiger partial charge in [-0.2, -0.15) is 0 Å². The Hall–Kier alpha value is -0.570. The Kier molecular flexibility index (Phi) is 4.76. The third-order valence-electron chi connectivity index (χ3n) is 2.30. The van der Waals surface area contributed by atoms with Gasteiger partial charge in [0.25, 0.3) is 6.47 Å². The molecule has 70 valence electrons. The van der Waals surface area contributed by atoms with Gasteiger partial charge in [-0.3, -0.25) is 4.79 Å². The molecule has 0 aromatic rings. The van der Waals surface area contributed by atoms with Crippen LogP contribution in [0, 0.1) is 0 Å². The first-order valence-corrected chi connectivity index (χ1v) is 4.72. The van der Waals surface area contributed by atoms with Crippen LogP contribution in [0.4, 0.5) is 0 Å². The maximum absolute atomic E-state index is 9.79. The van der Waals surface area contributed by atoms with Crippen LogP contribution in [0.1, 0.15) is 32.1 Å². The van der Waals surface area contributed by atoms with Crippen molar-refractivity contribution in [1.29, 1.82) is 0 Å². The minimum atomic E-state index is 0.522. The molecule has 1 unspecified atom stereocenters. The first-order chi connectivity index (χ1) is 5.93. The summed E-state index contributed by atoms with van der Waals surface area (Å²) in [4.78, 5) is 9.79. The lowest BCUT2D eigenvalue weighted by Crippen LogP contribution is -2.20. The van der Waals surface area contributed by atoms with Crippen LogP contribution < -0.4 is 5.32 Å². The van der Waals surface area contributed by atoms with E-state index in [4.69, 9.17) is 0 Å². The fourth-order valence-corrected chi connectivity index (χ4v) is 1.63. The largest absolute Gasteiger partial charge is 0.468 e. The summed E-state index contributed by atoms with van der Waals surface area (Å²) in [5.74, 6) is 0. The molecule has 0 aromatic heterocycles. The van der Waals surface area contributed by atoms with E-state index in [2.05, 4.69) is 10.1 Å². The first-order valence-electron chi connectivity index (χ1n) is 4.72. The lowest BCUT2D eigenvalue weighted by atomic mass is 10.1. The number of hydrogen-bond acceptors (Lipinski definition) is 3. The molecule has 1 atom stereocenters.